The summed E-state index contributed by atoms with van der Waals surface area (Å²) in [5, 5.41) is 9.80. The minimum absolute atomic E-state index is 0.104. The van der Waals surface area contributed by atoms with Gasteiger partial charge in [0.05, 0.1) is 19.8 Å². The number of hydrogen-bond acceptors (Lipinski definition) is 10. The molecule has 416 valence electrons. The number of carbonyl (C=O) groups is 3. The third-order valence-corrected chi connectivity index (χ3v) is 13.1. The highest BCUT2D eigenvalue weighted by Crippen LogP contribution is 2.43. The summed E-state index contributed by atoms with van der Waals surface area (Å²) in [5.74, 6) is -1.56. The molecule has 3 unspecified atom stereocenters. The third-order valence-electron chi connectivity index (χ3n) is 12.1. The molecule has 0 aromatic heterocycles. The van der Waals surface area contributed by atoms with Crippen LogP contribution in [0.2, 0.25) is 0 Å². The number of phosphoric ester groups is 1. The van der Waals surface area contributed by atoms with Crippen molar-refractivity contribution in [1.82, 2.24) is 0 Å². The fourth-order valence-corrected chi connectivity index (χ4v) is 8.54. The van der Waals surface area contributed by atoms with Gasteiger partial charge >= 0.3 is 25.7 Å². The Bertz CT molecular complexity index is 1490. The first kappa shape index (κ1) is 68.9. The van der Waals surface area contributed by atoms with Crippen molar-refractivity contribution in [3.63, 3.8) is 0 Å². The van der Waals surface area contributed by atoms with Crippen molar-refractivity contribution < 1.29 is 52.2 Å². The van der Waals surface area contributed by atoms with Crippen LogP contribution in [-0.4, -0.2) is 66.5 Å². The topological polar surface area (TPSA) is 155 Å². The fourth-order valence-electron chi connectivity index (χ4n) is 7.75. The predicted molar refractivity (Wildman–Crippen MR) is 298 cm³/mol. The van der Waals surface area contributed by atoms with Crippen molar-refractivity contribution in [2.45, 2.75) is 264 Å². The van der Waals surface area contributed by atoms with Gasteiger partial charge in [-0.05, 0) is 77.0 Å². The Morgan fingerprint density at radius 1 is 0.403 bits per heavy atom. The van der Waals surface area contributed by atoms with Crippen molar-refractivity contribution in [3.05, 3.63) is 72.9 Å². The highest BCUT2D eigenvalue weighted by Gasteiger charge is 2.28. The van der Waals surface area contributed by atoms with E-state index in [-0.39, 0.29) is 25.9 Å². The molecule has 0 amide bonds. The first-order valence-electron chi connectivity index (χ1n) is 28.8. The lowest BCUT2D eigenvalue weighted by Crippen LogP contribution is -2.30. The Morgan fingerprint density at radius 3 is 1.19 bits per heavy atom. The quantitative estimate of drug-likeness (QED) is 0.0197. The zero-order chi connectivity index (χ0) is 52.7. The number of rotatable bonds is 53. The summed E-state index contributed by atoms with van der Waals surface area (Å²) < 4.78 is 39.4. The van der Waals surface area contributed by atoms with E-state index >= 15 is 0 Å². The third kappa shape index (κ3) is 51.8. The predicted octanol–water partition coefficient (Wildman–Crippen LogP) is 16.9. The number of unbranched alkanes of at least 4 members (excludes halogenated alkanes) is 24. The molecule has 0 aromatic carbocycles. The van der Waals surface area contributed by atoms with E-state index in [2.05, 4.69) is 81.5 Å². The van der Waals surface area contributed by atoms with Gasteiger partial charge in [-0.3, -0.25) is 23.4 Å². The SMILES string of the molecule is CC/C=C\C/C=C\C/C=C\C/C=C\CCC(=O)OCC(COP(=O)(O)OCC(CO)OC(=O)CCCCCCCCCCCCCCC)OC(=O)CCCCCCCCCCC/C=C\C/C=C\CCCCC. The molecule has 11 nitrogen and oxygen atoms in total. The van der Waals surface area contributed by atoms with Crippen molar-refractivity contribution in [3.8, 4) is 0 Å². The fraction of sp³-hybridized carbons (Fsp3) is 0.750. The van der Waals surface area contributed by atoms with E-state index in [1.165, 1.54) is 116 Å². The zero-order valence-electron chi connectivity index (χ0n) is 45.9. The number of ether oxygens (including phenoxy) is 3. The van der Waals surface area contributed by atoms with Gasteiger partial charge in [0.1, 0.15) is 12.7 Å². The molecule has 12 heteroatoms. The molecule has 0 aliphatic rings. The average Bonchev–Trinajstić information content (AvgIpc) is 3.37. The van der Waals surface area contributed by atoms with Gasteiger partial charge in [-0.2, -0.15) is 0 Å². The molecule has 0 aromatic rings. The molecular weight excluding hydrogens is 928 g/mol. The Morgan fingerprint density at radius 2 is 0.750 bits per heavy atom. The van der Waals surface area contributed by atoms with Crippen molar-refractivity contribution >= 4 is 25.7 Å². The minimum atomic E-state index is -4.76. The average molecular weight is 1030 g/mol. The number of hydrogen-bond donors (Lipinski definition) is 2. The summed E-state index contributed by atoms with van der Waals surface area (Å²) in [6.07, 6.45) is 60.2. The van der Waals surface area contributed by atoms with Crippen molar-refractivity contribution in [1.29, 1.82) is 0 Å². The lowest BCUT2D eigenvalue weighted by atomic mass is 10.0. The van der Waals surface area contributed by atoms with Crippen LogP contribution in [-0.2, 0) is 42.2 Å². The largest absolute Gasteiger partial charge is 0.472 e. The van der Waals surface area contributed by atoms with Gasteiger partial charge < -0.3 is 24.2 Å². The Kier molecular flexibility index (Phi) is 51.9. The summed E-state index contributed by atoms with van der Waals surface area (Å²) in [5.41, 5.74) is 0. The smallest absolute Gasteiger partial charge is 0.462 e. The molecule has 0 spiro atoms. The molecule has 0 radical (unpaired) electrons. The van der Waals surface area contributed by atoms with Crippen LogP contribution < -0.4 is 0 Å². The highest BCUT2D eigenvalue weighted by atomic mass is 31.2. The number of carbonyl (C=O) groups excluding carboxylic acids is 3. The maximum atomic E-state index is 12.9. The normalized spacial score (nSPS) is 13.9. The second kappa shape index (κ2) is 54.2. The van der Waals surface area contributed by atoms with Crippen molar-refractivity contribution in [2.75, 3.05) is 26.4 Å². The first-order valence-corrected chi connectivity index (χ1v) is 30.3. The molecule has 0 saturated heterocycles. The van der Waals surface area contributed by atoms with Crippen LogP contribution in [0.5, 0.6) is 0 Å². The van der Waals surface area contributed by atoms with E-state index in [1.807, 2.05) is 12.2 Å². The van der Waals surface area contributed by atoms with Crippen LogP contribution in [0.25, 0.3) is 0 Å². The number of aliphatic hydroxyl groups excluding tert-OH is 1. The van der Waals surface area contributed by atoms with E-state index < -0.39 is 57.8 Å². The molecule has 0 saturated carbocycles. The van der Waals surface area contributed by atoms with Crippen LogP contribution >= 0.6 is 7.82 Å². The lowest BCUT2D eigenvalue weighted by Gasteiger charge is -2.21. The maximum Gasteiger partial charge on any atom is 0.472 e. The summed E-state index contributed by atoms with van der Waals surface area (Å²) in [6.45, 7) is 4.43. The molecule has 3 atom stereocenters. The summed E-state index contributed by atoms with van der Waals surface area (Å²) in [6, 6.07) is 0. The molecule has 0 rings (SSSR count). The van der Waals surface area contributed by atoms with Crippen LogP contribution in [0.1, 0.15) is 252 Å². The van der Waals surface area contributed by atoms with Gasteiger partial charge in [-0.15, -0.1) is 0 Å². The summed E-state index contributed by atoms with van der Waals surface area (Å²) in [7, 11) is -4.76. The van der Waals surface area contributed by atoms with Gasteiger partial charge in [-0.25, -0.2) is 4.57 Å². The van der Waals surface area contributed by atoms with Crippen molar-refractivity contribution in [2.24, 2.45) is 0 Å². The van der Waals surface area contributed by atoms with Gasteiger partial charge in [0.15, 0.2) is 6.10 Å². The summed E-state index contributed by atoms with van der Waals surface area (Å²) >= 11 is 0. The van der Waals surface area contributed by atoms with E-state index in [0.717, 1.165) is 77.0 Å². The van der Waals surface area contributed by atoms with Gasteiger partial charge in [0.25, 0.3) is 0 Å². The Balaban J connectivity index is 4.77. The Hall–Kier alpha value is -3.08. The zero-order valence-corrected chi connectivity index (χ0v) is 46.8. The number of allylic oxidation sites excluding steroid dienone is 12. The van der Waals surface area contributed by atoms with Crippen LogP contribution in [0.15, 0.2) is 72.9 Å². The molecule has 0 bridgehead atoms. The van der Waals surface area contributed by atoms with E-state index in [0.29, 0.717) is 19.3 Å². The molecule has 0 fully saturated rings. The molecule has 2 N–H and O–H groups in total. The molecular formula is C60H105O11P. The van der Waals surface area contributed by atoms with Gasteiger partial charge in [0, 0.05) is 19.3 Å². The standard InChI is InChI=1S/C60H105O11P/c1-4-7-10-13-16-19-22-25-26-27-28-29-30-33-36-39-42-45-48-51-60(64)71-57(53-67-58(62)49-46-43-40-37-34-31-23-20-17-14-11-8-5-2)55-69-72(65,66)68-54-56(52-61)70-59(63)50-47-44-41-38-35-32-24-21-18-15-12-9-6-3/h8,11,16-17,19-20,25-26,31,34,40,43,56-57,61H,4-7,9-10,12-15,18,21-24,27-30,32-33,35-39,41-42,44-55H2,1-3H3,(H,65,66)/b11-8-,19-16-,20-17-,26-25-,34-31-,43-40-. The lowest BCUT2D eigenvalue weighted by molar-refractivity contribution is -0.161. The first-order chi connectivity index (χ1) is 35.2. The molecule has 0 aliphatic carbocycles. The highest BCUT2D eigenvalue weighted by molar-refractivity contribution is 7.47. The van der Waals surface area contributed by atoms with Crippen LogP contribution in [0, 0.1) is 0 Å². The second-order valence-electron chi connectivity index (χ2n) is 19.1. The monoisotopic (exact) mass is 1030 g/mol. The van der Waals surface area contributed by atoms with Gasteiger partial charge in [-0.1, -0.05) is 229 Å². The van der Waals surface area contributed by atoms with E-state index in [1.54, 1.807) is 0 Å². The van der Waals surface area contributed by atoms with E-state index in [9.17, 15) is 28.9 Å². The van der Waals surface area contributed by atoms with Gasteiger partial charge in [0.2, 0.25) is 0 Å². The molecule has 0 aliphatic heterocycles. The molecule has 0 heterocycles. The summed E-state index contributed by atoms with van der Waals surface area (Å²) in [4.78, 5) is 48.4. The maximum absolute atomic E-state index is 12.9. The van der Waals surface area contributed by atoms with E-state index in [4.69, 9.17) is 23.3 Å². The molecule has 72 heavy (non-hydrogen) atoms. The van der Waals surface area contributed by atoms with Crippen LogP contribution in [0.3, 0.4) is 0 Å². The minimum Gasteiger partial charge on any atom is -0.462 e. The second-order valence-corrected chi connectivity index (χ2v) is 20.5. The Labute approximate surface area is 439 Å². The van der Waals surface area contributed by atoms with Crippen LogP contribution in [0.4, 0.5) is 0 Å². The number of phosphoric acid groups is 1. The number of esters is 3. The number of aliphatic hydroxyl groups is 1.